The molecule has 0 aliphatic carbocycles. The van der Waals surface area contributed by atoms with Gasteiger partial charge in [-0.2, -0.15) is 0 Å². The van der Waals surface area contributed by atoms with Gasteiger partial charge < -0.3 is 4.74 Å². The molecule has 4 aromatic rings. The maximum Gasteiger partial charge on any atom is 0.307 e. The van der Waals surface area contributed by atoms with Crippen LogP contribution in [0.4, 0.5) is 10.8 Å². The molecule has 0 bridgehead atoms. The van der Waals surface area contributed by atoms with Crippen molar-refractivity contribution in [3.63, 3.8) is 0 Å². The quantitative estimate of drug-likeness (QED) is 0.261. The third kappa shape index (κ3) is 6.03. The Kier molecular flexibility index (Phi) is 7.73. The van der Waals surface area contributed by atoms with Crippen LogP contribution in [-0.4, -0.2) is 16.9 Å². The lowest BCUT2D eigenvalue weighted by Crippen LogP contribution is -2.23. The SMILES string of the molecule is CC(=O)N(c1nc(COC(=O)CC(c2ccccc2)c2ccccc2)cs1)c1ccc(C)cc1C. The molecular formula is C29H28N2O3S. The lowest BCUT2D eigenvalue weighted by atomic mass is 9.89. The van der Waals surface area contributed by atoms with Gasteiger partial charge in [-0.25, -0.2) is 4.98 Å². The normalized spacial score (nSPS) is 10.9. The Morgan fingerprint density at radius 1 is 0.943 bits per heavy atom. The Hall–Kier alpha value is -3.77. The van der Waals surface area contributed by atoms with Crippen molar-refractivity contribution in [3.05, 3.63) is 112 Å². The fourth-order valence-electron chi connectivity index (χ4n) is 4.11. The number of thiazole rings is 1. The molecule has 0 fully saturated rings. The molecule has 0 spiro atoms. The summed E-state index contributed by atoms with van der Waals surface area (Å²) < 4.78 is 5.60. The highest BCUT2D eigenvalue weighted by atomic mass is 32.1. The van der Waals surface area contributed by atoms with Crippen LogP contribution in [0.1, 0.15) is 47.2 Å². The van der Waals surface area contributed by atoms with Gasteiger partial charge in [0, 0.05) is 18.2 Å². The molecule has 0 saturated carbocycles. The number of hydrogen-bond acceptors (Lipinski definition) is 5. The second-order valence-corrected chi connectivity index (χ2v) is 9.34. The molecule has 6 heteroatoms. The first kappa shape index (κ1) is 24.4. The molecule has 5 nitrogen and oxygen atoms in total. The van der Waals surface area contributed by atoms with Crippen molar-refractivity contribution in [2.75, 3.05) is 4.90 Å². The minimum atomic E-state index is -0.296. The van der Waals surface area contributed by atoms with Crippen molar-refractivity contribution in [1.29, 1.82) is 0 Å². The van der Waals surface area contributed by atoms with Crippen LogP contribution in [0.3, 0.4) is 0 Å². The zero-order chi connectivity index (χ0) is 24.8. The summed E-state index contributed by atoms with van der Waals surface area (Å²) in [5, 5.41) is 2.38. The largest absolute Gasteiger partial charge is 0.459 e. The first-order chi connectivity index (χ1) is 16.9. The maximum atomic E-state index is 12.8. The van der Waals surface area contributed by atoms with Crippen molar-refractivity contribution in [2.45, 2.75) is 39.7 Å². The maximum absolute atomic E-state index is 12.8. The molecule has 35 heavy (non-hydrogen) atoms. The minimum absolute atomic E-state index is 0.0598. The average molecular weight is 485 g/mol. The number of amides is 1. The zero-order valence-electron chi connectivity index (χ0n) is 20.1. The van der Waals surface area contributed by atoms with Crippen molar-refractivity contribution in [1.82, 2.24) is 4.98 Å². The predicted molar refractivity (Wildman–Crippen MR) is 140 cm³/mol. The molecule has 1 heterocycles. The number of aryl methyl sites for hydroxylation is 2. The molecule has 0 N–H and O–H groups in total. The van der Waals surface area contributed by atoms with Gasteiger partial charge in [-0.05, 0) is 36.6 Å². The molecule has 3 aromatic carbocycles. The summed E-state index contributed by atoms with van der Waals surface area (Å²) in [5.74, 6) is -0.507. The Bertz CT molecular complexity index is 1260. The van der Waals surface area contributed by atoms with Crippen LogP contribution in [0.5, 0.6) is 0 Å². The lowest BCUT2D eigenvalue weighted by molar-refractivity contribution is -0.145. The topological polar surface area (TPSA) is 59.5 Å². The van der Waals surface area contributed by atoms with Gasteiger partial charge in [-0.15, -0.1) is 11.3 Å². The van der Waals surface area contributed by atoms with Gasteiger partial charge >= 0.3 is 5.97 Å². The fraction of sp³-hybridized carbons (Fsp3) is 0.207. The van der Waals surface area contributed by atoms with Gasteiger partial charge in [-0.3, -0.25) is 14.5 Å². The van der Waals surface area contributed by atoms with E-state index < -0.39 is 0 Å². The highest BCUT2D eigenvalue weighted by molar-refractivity contribution is 7.14. The number of rotatable bonds is 8. The summed E-state index contributed by atoms with van der Waals surface area (Å²) >= 11 is 1.36. The fourth-order valence-corrected chi connectivity index (χ4v) is 4.97. The van der Waals surface area contributed by atoms with E-state index >= 15 is 0 Å². The molecule has 0 aliphatic heterocycles. The van der Waals surface area contributed by atoms with E-state index in [-0.39, 0.29) is 30.8 Å². The number of esters is 1. The number of anilines is 2. The highest BCUT2D eigenvalue weighted by Gasteiger charge is 2.22. The number of hydrogen-bond donors (Lipinski definition) is 0. The van der Waals surface area contributed by atoms with E-state index in [1.165, 1.54) is 18.3 Å². The summed E-state index contributed by atoms with van der Waals surface area (Å²) in [7, 11) is 0. The van der Waals surface area contributed by atoms with E-state index in [0.717, 1.165) is 27.9 Å². The molecular weight excluding hydrogens is 456 g/mol. The number of carbonyl (C=O) groups excluding carboxylic acids is 2. The second kappa shape index (κ2) is 11.1. The molecule has 0 unspecified atom stereocenters. The van der Waals surface area contributed by atoms with Crippen molar-refractivity contribution < 1.29 is 14.3 Å². The number of carbonyl (C=O) groups is 2. The smallest absolute Gasteiger partial charge is 0.307 e. The first-order valence-electron chi connectivity index (χ1n) is 11.5. The Balaban J connectivity index is 1.46. The molecule has 4 rings (SSSR count). The van der Waals surface area contributed by atoms with E-state index in [1.807, 2.05) is 98.1 Å². The number of aromatic nitrogens is 1. The Morgan fingerprint density at radius 2 is 1.57 bits per heavy atom. The average Bonchev–Trinajstić information content (AvgIpc) is 3.32. The zero-order valence-corrected chi connectivity index (χ0v) is 20.9. The molecule has 0 atom stereocenters. The lowest BCUT2D eigenvalue weighted by Gasteiger charge is -2.20. The minimum Gasteiger partial charge on any atom is -0.459 e. The number of benzene rings is 3. The molecule has 0 aliphatic rings. The van der Waals surface area contributed by atoms with Crippen molar-refractivity contribution in [2.24, 2.45) is 0 Å². The van der Waals surface area contributed by atoms with Gasteiger partial charge in [-0.1, -0.05) is 78.4 Å². The van der Waals surface area contributed by atoms with Crippen LogP contribution in [0.2, 0.25) is 0 Å². The summed E-state index contributed by atoms with van der Waals surface area (Å²) in [6.45, 7) is 5.58. The van der Waals surface area contributed by atoms with Gasteiger partial charge in [0.15, 0.2) is 5.13 Å². The molecule has 1 aromatic heterocycles. The Morgan fingerprint density at radius 3 is 2.14 bits per heavy atom. The first-order valence-corrected chi connectivity index (χ1v) is 12.4. The van der Waals surface area contributed by atoms with Gasteiger partial charge in [0.05, 0.1) is 17.8 Å². The van der Waals surface area contributed by atoms with E-state index in [4.69, 9.17) is 4.74 Å². The van der Waals surface area contributed by atoms with Crippen LogP contribution in [-0.2, 0) is 20.9 Å². The third-order valence-corrected chi connectivity index (χ3v) is 6.67. The molecule has 178 valence electrons. The van der Waals surface area contributed by atoms with E-state index in [9.17, 15) is 9.59 Å². The predicted octanol–water partition coefficient (Wildman–Crippen LogP) is 6.71. The third-order valence-electron chi connectivity index (χ3n) is 5.79. The summed E-state index contributed by atoms with van der Waals surface area (Å²) in [4.78, 5) is 31.5. The second-order valence-electron chi connectivity index (χ2n) is 8.50. The monoisotopic (exact) mass is 484 g/mol. The Labute approximate surface area is 210 Å². The summed E-state index contributed by atoms with van der Waals surface area (Å²) in [6.07, 6.45) is 0.229. The standard InChI is InChI=1S/C29H28N2O3S/c1-20-14-15-27(21(2)16-20)31(22(3)32)29-30-25(19-35-29)18-34-28(33)17-26(23-10-6-4-7-11-23)24-12-8-5-9-13-24/h4-16,19,26H,17-18H2,1-3H3. The summed E-state index contributed by atoms with van der Waals surface area (Å²) in [6, 6.07) is 25.9. The van der Waals surface area contributed by atoms with Crippen molar-refractivity contribution >= 4 is 34.0 Å². The van der Waals surface area contributed by atoms with Gasteiger partial charge in [0.2, 0.25) is 5.91 Å². The highest BCUT2D eigenvalue weighted by Crippen LogP contribution is 2.32. The number of nitrogens with zero attached hydrogens (tertiary/aromatic N) is 2. The molecule has 1 amide bonds. The van der Waals surface area contributed by atoms with Crippen LogP contribution < -0.4 is 4.90 Å². The molecule has 0 saturated heterocycles. The van der Waals surface area contributed by atoms with Crippen LogP contribution in [0.25, 0.3) is 0 Å². The van der Waals surface area contributed by atoms with Crippen LogP contribution >= 0.6 is 11.3 Å². The number of ether oxygens (including phenoxy) is 1. The van der Waals surface area contributed by atoms with E-state index in [2.05, 4.69) is 4.98 Å². The van der Waals surface area contributed by atoms with E-state index in [1.54, 1.807) is 4.90 Å². The molecule has 0 radical (unpaired) electrons. The van der Waals surface area contributed by atoms with Crippen LogP contribution in [0, 0.1) is 13.8 Å². The summed E-state index contributed by atoms with van der Waals surface area (Å²) in [5.41, 5.74) is 5.68. The van der Waals surface area contributed by atoms with Crippen molar-refractivity contribution in [3.8, 4) is 0 Å². The van der Waals surface area contributed by atoms with E-state index in [0.29, 0.717) is 10.8 Å². The van der Waals surface area contributed by atoms with Crippen LogP contribution in [0.15, 0.2) is 84.2 Å². The van der Waals surface area contributed by atoms with Gasteiger partial charge in [0.1, 0.15) is 6.61 Å². The van der Waals surface area contributed by atoms with Gasteiger partial charge in [0.25, 0.3) is 0 Å².